The first-order valence-electron chi connectivity index (χ1n) is 6.58. The maximum atomic E-state index is 11.7. The van der Waals surface area contributed by atoms with Gasteiger partial charge >= 0.3 is 0 Å². The number of anilines is 1. The third-order valence-electron chi connectivity index (χ3n) is 3.29. The number of aryl methyl sites for hydroxylation is 1. The molecule has 98 valence electrons. The van der Waals surface area contributed by atoms with Crippen molar-refractivity contribution in [2.24, 2.45) is 5.92 Å². The number of hydrogen-bond acceptors (Lipinski definition) is 4. The van der Waals surface area contributed by atoms with Crippen LogP contribution >= 0.6 is 0 Å². The second kappa shape index (κ2) is 5.80. The van der Waals surface area contributed by atoms with E-state index >= 15 is 0 Å². The Kier molecular flexibility index (Phi) is 4.12. The van der Waals surface area contributed by atoms with Gasteiger partial charge in [-0.05, 0) is 25.3 Å². The molecule has 0 saturated carbocycles. The van der Waals surface area contributed by atoms with Gasteiger partial charge in [0.2, 0.25) is 11.9 Å². The second-order valence-corrected chi connectivity index (χ2v) is 4.57. The fraction of sp³-hybridized carbons (Fsp3) is 0.615. The summed E-state index contributed by atoms with van der Waals surface area (Å²) >= 11 is 0. The Morgan fingerprint density at radius 1 is 1.44 bits per heavy atom. The third kappa shape index (κ3) is 2.78. The number of hydrogen-bond donors (Lipinski definition) is 1. The first-order valence-corrected chi connectivity index (χ1v) is 6.58. The van der Waals surface area contributed by atoms with Crippen molar-refractivity contribution in [2.45, 2.75) is 26.7 Å². The molecular formula is C13H20N4O. The molecule has 1 N–H and O–H groups in total. The zero-order chi connectivity index (χ0) is 13.0. The second-order valence-electron chi connectivity index (χ2n) is 4.57. The number of carbonyl (C=O) groups excluding carboxylic acids is 1. The van der Waals surface area contributed by atoms with E-state index in [9.17, 15) is 4.79 Å². The molecule has 0 aliphatic carbocycles. The van der Waals surface area contributed by atoms with E-state index in [1.807, 2.05) is 19.3 Å². The maximum Gasteiger partial charge on any atom is 0.225 e. The van der Waals surface area contributed by atoms with Crippen LogP contribution in [0.5, 0.6) is 0 Å². The van der Waals surface area contributed by atoms with E-state index < -0.39 is 0 Å². The van der Waals surface area contributed by atoms with Crippen LogP contribution in [0.4, 0.5) is 5.95 Å². The summed E-state index contributed by atoms with van der Waals surface area (Å²) in [5, 5.41) is 2.87. The van der Waals surface area contributed by atoms with Crippen LogP contribution in [0.1, 0.15) is 25.8 Å². The van der Waals surface area contributed by atoms with Gasteiger partial charge in [-0.15, -0.1) is 0 Å². The quantitative estimate of drug-likeness (QED) is 0.863. The highest BCUT2D eigenvalue weighted by molar-refractivity contribution is 5.79. The Balaban J connectivity index is 1.97. The molecular weight excluding hydrogens is 228 g/mol. The van der Waals surface area contributed by atoms with Crippen LogP contribution in [0, 0.1) is 5.92 Å². The molecule has 1 aliphatic rings. The predicted molar refractivity (Wildman–Crippen MR) is 70.4 cm³/mol. The molecule has 0 bridgehead atoms. The number of nitrogens with zero attached hydrogens (tertiary/aromatic N) is 3. The standard InChI is InChI=1S/C13H20N4O/c1-3-10-7-15-13(16-8-10)17-6-5-11(9-17)12(18)14-4-2/h7-8,11H,3-6,9H2,1-2H3,(H,14,18)/t11-/m0/s1. The van der Waals surface area contributed by atoms with Gasteiger partial charge in [-0.1, -0.05) is 6.92 Å². The maximum absolute atomic E-state index is 11.7. The summed E-state index contributed by atoms with van der Waals surface area (Å²) < 4.78 is 0. The average Bonchev–Trinajstić information content (AvgIpc) is 2.89. The fourth-order valence-electron chi connectivity index (χ4n) is 2.17. The van der Waals surface area contributed by atoms with Crippen molar-refractivity contribution in [2.75, 3.05) is 24.5 Å². The van der Waals surface area contributed by atoms with Gasteiger partial charge in [0.25, 0.3) is 0 Å². The lowest BCUT2D eigenvalue weighted by molar-refractivity contribution is -0.124. The Labute approximate surface area is 108 Å². The van der Waals surface area contributed by atoms with E-state index in [1.165, 1.54) is 0 Å². The van der Waals surface area contributed by atoms with Crippen molar-refractivity contribution in [1.29, 1.82) is 0 Å². The summed E-state index contributed by atoms with van der Waals surface area (Å²) in [6.45, 7) is 6.29. The zero-order valence-electron chi connectivity index (χ0n) is 11.0. The largest absolute Gasteiger partial charge is 0.356 e. The van der Waals surface area contributed by atoms with Gasteiger partial charge in [0.1, 0.15) is 0 Å². The first-order chi connectivity index (χ1) is 8.74. The van der Waals surface area contributed by atoms with Crippen LogP contribution in [0.3, 0.4) is 0 Å². The van der Waals surface area contributed by atoms with E-state index in [1.54, 1.807) is 0 Å². The van der Waals surface area contributed by atoms with Crippen LogP contribution in [0.2, 0.25) is 0 Å². The topological polar surface area (TPSA) is 58.1 Å². The summed E-state index contributed by atoms with van der Waals surface area (Å²) in [4.78, 5) is 22.5. The summed E-state index contributed by atoms with van der Waals surface area (Å²) in [6, 6.07) is 0. The Morgan fingerprint density at radius 3 is 2.78 bits per heavy atom. The van der Waals surface area contributed by atoms with E-state index in [2.05, 4.69) is 27.1 Å². The lowest BCUT2D eigenvalue weighted by Crippen LogP contribution is -2.32. The predicted octanol–water partition coefficient (Wildman–Crippen LogP) is 1.00. The van der Waals surface area contributed by atoms with Gasteiger partial charge in [-0.25, -0.2) is 9.97 Å². The lowest BCUT2D eigenvalue weighted by atomic mass is 10.1. The number of aromatic nitrogens is 2. The molecule has 0 spiro atoms. The van der Waals surface area contributed by atoms with Crippen molar-refractivity contribution < 1.29 is 4.79 Å². The van der Waals surface area contributed by atoms with Crippen LogP contribution in [0.15, 0.2) is 12.4 Å². The smallest absolute Gasteiger partial charge is 0.225 e. The van der Waals surface area contributed by atoms with E-state index in [0.717, 1.165) is 37.4 Å². The summed E-state index contributed by atoms with van der Waals surface area (Å²) in [5.41, 5.74) is 1.14. The molecule has 1 fully saturated rings. The minimum Gasteiger partial charge on any atom is -0.356 e. The normalized spacial score (nSPS) is 19.0. The number of nitrogens with one attached hydrogen (secondary N) is 1. The lowest BCUT2D eigenvalue weighted by Gasteiger charge is -2.16. The highest BCUT2D eigenvalue weighted by atomic mass is 16.1. The van der Waals surface area contributed by atoms with E-state index in [0.29, 0.717) is 6.54 Å². The van der Waals surface area contributed by atoms with Gasteiger partial charge in [-0.3, -0.25) is 4.79 Å². The Bertz CT molecular complexity index is 404. The van der Waals surface area contributed by atoms with Crippen LogP contribution in [-0.2, 0) is 11.2 Å². The van der Waals surface area contributed by atoms with Crippen LogP contribution in [0.25, 0.3) is 0 Å². The molecule has 1 aromatic heterocycles. The highest BCUT2D eigenvalue weighted by Gasteiger charge is 2.29. The molecule has 5 nitrogen and oxygen atoms in total. The third-order valence-corrected chi connectivity index (χ3v) is 3.29. The molecule has 1 aromatic rings. The molecule has 2 rings (SSSR count). The minimum atomic E-state index is 0.0689. The van der Waals surface area contributed by atoms with Gasteiger partial charge in [0.15, 0.2) is 0 Å². The SMILES string of the molecule is CCNC(=O)[C@H]1CCN(c2ncc(CC)cn2)C1. The molecule has 1 amide bonds. The molecule has 2 heterocycles. The van der Waals surface area contributed by atoms with Crippen molar-refractivity contribution in [3.63, 3.8) is 0 Å². The Morgan fingerprint density at radius 2 is 2.17 bits per heavy atom. The van der Waals surface area contributed by atoms with Crippen LogP contribution < -0.4 is 10.2 Å². The molecule has 18 heavy (non-hydrogen) atoms. The number of amides is 1. The highest BCUT2D eigenvalue weighted by Crippen LogP contribution is 2.20. The monoisotopic (exact) mass is 248 g/mol. The molecule has 0 aromatic carbocycles. The van der Waals surface area contributed by atoms with Crippen molar-refractivity contribution in [3.8, 4) is 0 Å². The van der Waals surface area contributed by atoms with Gasteiger partial charge < -0.3 is 10.2 Å². The van der Waals surface area contributed by atoms with Gasteiger partial charge in [0, 0.05) is 32.0 Å². The van der Waals surface area contributed by atoms with Crippen LogP contribution in [-0.4, -0.2) is 35.5 Å². The molecule has 1 aliphatic heterocycles. The molecule has 0 radical (unpaired) electrons. The van der Waals surface area contributed by atoms with E-state index in [-0.39, 0.29) is 11.8 Å². The molecule has 1 atom stereocenters. The fourth-order valence-corrected chi connectivity index (χ4v) is 2.17. The minimum absolute atomic E-state index is 0.0689. The molecule has 1 saturated heterocycles. The van der Waals surface area contributed by atoms with Crippen molar-refractivity contribution in [1.82, 2.24) is 15.3 Å². The zero-order valence-corrected chi connectivity index (χ0v) is 11.0. The van der Waals surface area contributed by atoms with E-state index in [4.69, 9.17) is 0 Å². The molecule has 5 heteroatoms. The van der Waals surface area contributed by atoms with Gasteiger partial charge in [-0.2, -0.15) is 0 Å². The Hall–Kier alpha value is -1.65. The average molecular weight is 248 g/mol. The summed E-state index contributed by atoms with van der Waals surface area (Å²) in [6.07, 6.45) is 5.55. The number of carbonyl (C=O) groups is 1. The summed E-state index contributed by atoms with van der Waals surface area (Å²) in [7, 11) is 0. The first kappa shape index (κ1) is 12.8. The number of rotatable bonds is 4. The summed E-state index contributed by atoms with van der Waals surface area (Å²) in [5.74, 6) is 0.948. The van der Waals surface area contributed by atoms with Crippen molar-refractivity contribution in [3.05, 3.63) is 18.0 Å². The van der Waals surface area contributed by atoms with Crippen molar-refractivity contribution >= 4 is 11.9 Å². The molecule has 0 unspecified atom stereocenters. The van der Waals surface area contributed by atoms with Gasteiger partial charge in [0.05, 0.1) is 5.92 Å².